The molecule has 58 valence electrons. The van der Waals surface area contributed by atoms with Crippen molar-refractivity contribution in [2.45, 2.75) is 6.92 Å². The fraction of sp³-hybridized carbons (Fsp3) is 0.200. The summed E-state index contributed by atoms with van der Waals surface area (Å²) in [5.74, 6) is 0. The third kappa shape index (κ3) is 2.20. The molecular weight excluding hydrogens is 134 g/mol. The van der Waals surface area contributed by atoms with Crippen LogP contribution in [0.3, 0.4) is 0 Å². The molecule has 0 amide bonds. The van der Waals surface area contributed by atoms with Crippen LogP contribution in [0.15, 0.2) is 36.4 Å². The molecule has 0 heterocycles. The molecule has 1 nitrogen and oxygen atoms in total. The van der Waals surface area contributed by atoms with Crippen molar-refractivity contribution in [3.63, 3.8) is 0 Å². The van der Waals surface area contributed by atoms with Crippen LogP contribution >= 0.6 is 0 Å². The van der Waals surface area contributed by atoms with E-state index >= 15 is 0 Å². The maximum atomic E-state index is 5.39. The molecule has 0 aliphatic carbocycles. The highest BCUT2D eigenvalue weighted by Gasteiger charge is 1.90. The molecule has 0 aromatic heterocycles. The van der Waals surface area contributed by atoms with Crippen molar-refractivity contribution in [2.24, 2.45) is 5.73 Å². The molecule has 0 radical (unpaired) electrons. The van der Waals surface area contributed by atoms with E-state index in [9.17, 15) is 0 Å². The summed E-state index contributed by atoms with van der Waals surface area (Å²) < 4.78 is 0. The molecular formula is C10H13N. The van der Waals surface area contributed by atoms with Crippen LogP contribution in [0, 0.1) is 0 Å². The molecule has 1 rings (SSSR count). The van der Waals surface area contributed by atoms with Gasteiger partial charge in [-0.3, -0.25) is 0 Å². The van der Waals surface area contributed by atoms with Gasteiger partial charge in [0.2, 0.25) is 0 Å². The molecule has 0 aliphatic rings. The average Bonchev–Trinajstić information content (AvgIpc) is 2.07. The maximum absolute atomic E-state index is 5.39. The molecule has 1 heteroatoms. The van der Waals surface area contributed by atoms with Crippen molar-refractivity contribution in [1.29, 1.82) is 0 Å². The predicted molar refractivity (Wildman–Crippen MR) is 49.1 cm³/mol. The second-order valence-corrected chi connectivity index (χ2v) is 2.49. The summed E-state index contributed by atoms with van der Waals surface area (Å²) in [5.41, 5.74) is 7.88. The summed E-state index contributed by atoms with van der Waals surface area (Å²) in [7, 11) is 0. The molecule has 11 heavy (non-hydrogen) atoms. The largest absolute Gasteiger partial charge is 0.327 e. The van der Waals surface area contributed by atoms with Gasteiger partial charge in [-0.25, -0.2) is 0 Å². The van der Waals surface area contributed by atoms with E-state index in [0.29, 0.717) is 6.54 Å². The molecule has 0 spiro atoms. The lowest BCUT2D eigenvalue weighted by Gasteiger charge is -1.98. The zero-order valence-corrected chi connectivity index (χ0v) is 6.75. The van der Waals surface area contributed by atoms with E-state index < -0.39 is 0 Å². The lowest BCUT2D eigenvalue weighted by Crippen LogP contribution is -1.94. The second-order valence-electron chi connectivity index (χ2n) is 2.49. The predicted octanol–water partition coefficient (Wildman–Crippen LogP) is 2.05. The minimum absolute atomic E-state index is 0.612. The molecule has 2 N–H and O–H groups in total. The van der Waals surface area contributed by atoms with Crippen molar-refractivity contribution < 1.29 is 0 Å². The quantitative estimate of drug-likeness (QED) is 0.680. The van der Waals surface area contributed by atoms with Gasteiger partial charge in [0.1, 0.15) is 0 Å². The Balaban J connectivity index is 2.85. The summed E-state index contributed by atoms with van der Waals surface area (Å²) in [6, 6.07) is 10.2. The van der Waals surface area contributed by atoms with Gasteiger partial charge in [-0.05, 0) is 18.1 Å². The van der Waals surface area contributed by atoms with Gasteiger partial charge >= 0.3 is 0 Å². The normalized spacial score (nSPS) is 11.6. The van der Waals surface area contributed by atoms with Gasteiger partial charge in [0.05, 0.1) is 0 Å². The van der Waals surface area contributed by atoms with E-state index in [2.05, 4.69) is 19.1 Å². The van der Waals surface area contributed by atoms with Crippen molar-refractivity contribution in [3.05, 3.63) is 42.0 Å². The highest BCUT2D eigenvalue weighted by molar-refractivity contribution is 5.63. The first-order chi connectivity index (χ1) is 5.34. The lowest BCUT2D eigenvalue weighted by atomic mass is 10.1. The molecule has 0 aliphatic heterocycles. The Morgan fingerprint density at radius 3 is 2.55 bits per heavy atom. The van der Waals surface area contributed by atoms with Crippen molar-refractivity contribution in [2.75, 3.05) is 6.54 Å². The SMILES string of the molecule is C/C(=C/CN)c1ccccc1. The second kappa shape index (κ2) is 3.94. The Bertz CT molecular complexity index is 236. The first-order valence-electron chi connectivity index (χ1n) is 3.77. The van der Waals surface area contributed by atoms with Gasteiger partial charge in [0, 0.05) is 6.54 Å². The lowest BCUT2D eigenvalue weighted by molar-refractivity contribution is 1.25. The standard InChI is InChI=1S/C10H13N/c1-9(7-8-11)10-5-3-2-4-6-10/h2-7H,8,11H2,1H3/b9-7-. The monoisotopic (exact) mass is 147 g/mol. The number of nitrogens with two attached hydrogens (primary N) is 1. The Hall–Kier alpha value is -1.08. The fourth-order valence-corrected chi connectivity index (χ4v) is 0.996. The Kier molecular flexibility index (Phi) is 2.87. The molecule has 0 saturated heterocycles. The van der Waals surface area contributed by atoms with Crippen molar-refractivity contribution in [1.82, 2.24) is 0 Å². The average molecular weight is 147 g/mol. The maximum Gasteiger partial charge on any atom is 0.0112 e. The Morgan fingerprint density at radius 1 is 1.36 bits per heavy atom. The van der Waals surface area contributed by atoms with Gasteiger partial charge < -0.3 is 5.73 Å². The van der Waals surface area contributed by atoms with Crippen LogP contribution in [0.4, 0.5) is 0 Å². The van der Waals surface area contributed by atoms with E-state index in [0.717, 1.165) is 0 Å². The summed E-state index contributed by atoms with van der Waals surface area (Å²) >= 11 is 0. The van der Waals surface area contributed by atoms with Gasteiger partial charge in [0.15, 0.2) is 0 Å². The molecule has 1 aromatic carbocycles. The fourth-order valence-electron chi connectivity index (χ4n) is 0.996. The van der Waals surface area contributed by atoms with E-state index in [1.807, 2.05) is 24.3 Å². The van der Waals surface area contributed by atoms with Crippen molar-refractivity contribution in [3.8, 4) is 0 Å². The topological polar surface area (TPSA) is 26.0 Å². The van der Waals surface area contributed by atoms with Gasteiger partial charge in [0.25, 0.3) is 0 Å². The van der Waals surface area contributed by atoms with Crippen LogP contribution in [0.1, 0.15) is 12.5 Å². The zero-order chi connectivity index (χ0) is 8.10. The zero-order valence-electron chi connectivity index (χ0n) is 6.75. The number of benzene rings is 1. The van der Waals surface area contributed by atoms with Crippen LogP contribution in [0.2, 0.25) is 0 Å². The van der Waals surface area contributed by atoms with E-state index in [4.69, 9.17) is 5.73 Å². The van der Waals surface area contributed by atoms with Crippen LogP contribution in [-0.2, 0) is 0 Å². The van der Waals surface area contributed by atoms with E-state index in [1.54, 1.807) is 0 Å². The highest BCUT2D eigenvalue weighted by atomic mass is 14.5. The summed E-state index contributed by atoms with van der Waals surface area (Å²) in [6.45, 7) is 2.68. The minimum Gasteiger partial charge on any atom is -0.327 e. The van der Waals surface area contributed by atoms with Crippen LogP contribution in [0.5, 0.6) is 0 Å². The molecule has 1 aromatic rings. The number of allylic oxidation sites excluding steroid dienone is 1. The number of rotatable bonds is 2. The third-order valence-corrected chi connectivity index (χ3v) is 1.65. The van der Waals surface area contributed by atoms with Gasteiger partial charge in [-0.2, -0.15) is 0 Å². The molecule has 0 bridgehead atoms. The molecule has 0 unspecified atom stereocenters. The smallest absolute Gasteiger partial charge is 0.0112 e. The molecule has 0 fully saturated rings. The summed E-state index contributed by atoms with van der Waals surface area (Å²) in [4.78, 5) is 0. The first-order valence-corrected chi connectivity index (χ1v) is 3.77. The summed E-state index contributed by atoms with van der Waals surface area (Å²) in [6.07, 6.45) is 2.02. The Labute approximate surface area is 67.5 Å². The number of hydrogen-bond donors (Lipinski definition) is 1. The third-order valence-electron chi connectivity index (χ3n) is 1.65. The van der Waals surface area contributed by atoms with E-state index in [1.165, 1.54) is 11.1 Å². The number of hydrogen-bond acceptors (Lipinski definition) is 1. The molecule has 0 atom stereocenters. The summed E-state index contributed by atoms with van der Waals surface area (Å²) in [5, 5.41) is 0. The van der Waals surface area contributed by atoms with Gasteiger partial charge in [-0.15, -0.1) is 0 Å². The molecule has 0 saturated carbocycles. The van der Waals surface area contributed by atoms with Gasteiger partial charge in [-0.1, -0.05) is 36.4 Å². The van der Waals surface area contributed by atoms with Crippen LogP contribution in [-0.4, -0.2) is 6.54 Å². The minimum atomic E-state index is 0.612. The first kappa shape index (κ1) is 8.02. The highest BCUT2D eigenvalue weighted by Crippen LogP contribution is 2.11. The van der Waals surface area contributed by atoms with Crippen LogP contribution < -0.4 is 5.73 Å². The van der Waals surface area contributed by atoms with Crippen LogP contribution in [0.25, 0.3) is 5.57 Å². The van der Waals surface area contributed by atoms with E-state index in [-0.39, 0.29) is 0 Å². The van der Waals surface area contributed by atoms with Crippen molar-refractivity contribution >= 4 is 5.57 Å². The Morgan fingerprint density at radius 2 is 2.00 bits per heavy atom.